The standard InChI is InChI=1S/C18H20N2O2/c1-3-22-18-11-15(9-10-17(18)21)16(12-19)20(2)13-14-7-5-4-6-8-14/h4-11,16,21H,3,13H2,1-2H3. The predicted molar refractivity (Wildman–Crippen MR) is 85.5 cm³/mol. The molecule has 0 aliphatic rings. The molecule has 0 spiro atoms. The van der Waals surface area contributed by atoms with E-state index in [2.05, 4.69) is 6.07 Å². The van der Waals surface area contributed by atoms with Crippen LogP contribution in [-0.2, 0) is 6.54 Å². The lowest BCUT2D eigenvalue weighted by atomic mass is 10.1. The van der Waals surface area contributed by atoms with Crippen LogP contribution >= 0.6 is 0 Å². The van der Waals surface area contributed by atoms with Gasteiger partial charge in [0.2, 0.25) is 0 Å². The Balaban J connectivity index is 2.20. The molecule has 0 saturated carbocycles. The van der Waals surface area contributed by atoms with Gasteiger partial charge in [-0.05, 0) is 37.2 Å². The molecule has 0 amide bonds. The minimum atomic E-state index is -0.403. The number of nitrogens with zero attached hydrogens (tertiary/aromatic N) is 2. The van der Waals surface area contributed by atoms with Gasteiger partial charge >= 0.3 is 0 Å². The quantitative estimate of drug-likeness (QED) is 0.886. The minimum absolute atomic E-state index is 0.0907. The third-order valence-corrected chi connectivity index (χ3v) is 3.44. The van der Waals surface area contributed by atoms with Crippen LogP contribution in [0.3, 0.4) is 0 Å². The second-order valence-corrected chi connectivity index (χ2v) is 5.09. The molecule has 0 radical (unpaired) electrons. The van der Waals surface area contributed by atoms with Crippen LogP contribution in [0.1, 0.15) is 24.1 Å². The summed E-state index contributed by atoms with van der Waals surface area (Å²) in [4.78, 5) is 1.97. The Morgan fingerprint density at radius 3 is 2.59 bits per heavy atom. The van der Waals surface area contributed by atoms with E-state index in [0.29, 0.717) is 18.9 Å². The molecule has 0 heterocycles. The van der Waals surface area contributed by atoms with E-state index in [9.17, 15) is 10.4 Å². The van der Waals surface area contributed by atoms with Crippen molar-refractivity contribution < 1.29 is 9.84 Å². The topological polar surface area (TPSA) is 56.5 Å². The van der Waals surface area contributed by atoms with Crippen molar-refractivity contribution in [3.8, 4) is 17.6 Å². The molecule has 0 aliphatic carbocycles. The molecule has 0 saturated heterocycles. The van der Waals surface area contributed by atoms with Gasteiger partial charge in [-0.25, -0.2) is 0 Å². The third-order valence-electron chi connectivity index (χ3n) is 3.44. The first-order chi connectivity index (χ1) is 10.7. The molecular formula is C18H20N2O2. The molecule has 114 valence electrons. The zero-order chi connectivity index (χ0) is 15.9. The fourth-order valence-electron chi connectivity index (χ4n) is 2.36. The summed E-state index contributed by atoms with van der Waals surface area (Å²) in [5.41, 5.74) is 1.95. The molecule has 2 rings (SSSR count). The number of benzene rings is 2. The predicted octanol–water partition coefficient (Wildman–Crippen LogP) is 3.49. The largest absolute Gasteiger partial charge is 0.504 e. The molecule has 22 heavy (non-hydrogen) atoms. The van der Waals surface area contributed by atoms with E-state index < -0.39 is 6.04 Å². The first-order valence-corrected chi connectivity index (χ1v) is 7.25. The van der Waals surface area contributed by atoms with Gasteiger partial charge in [-0.1, -0.05) is 36.4 Å². The number of ether oxygens (including phenoxy) is 1. The molecule has 1 N–H and O–H groups in total. The zero-order valence-corrected chi connectivity index (χ0v) is 12.9. The molecular weight excluding hydrogens is 276 g/mol. The normalized spacial score (nSPS) is 11.9. The maximum atomic E-state index is 9.77. The van der Waals surface area contributed by atoms with Crippen LogP contribution < -0.4 is 4.74 Å². The fraction of sp³-hybridized carbons (Fsp3) is 0.278. The van der Waals surface area contributed by atoms with Crippen molar-refractivity contribution >= 4 is 0 Å². The summed E-state index contributed by atoms with van der Waals surface area (Å²) in [6.45, 7) is 2.99. The van der Waals surface area contributed by atoms with Gasteiger partial charge < -0.3 is 9.84 Å². The summed E-state index contributed by atoms with van der Waals surface area (Å²) in [7, 11) is 1.91. The Bertz CT molecular complexity index is 650. The number of hydrogen-bond donors (Lipinski definition) is 1. The van der Waals surface area contributed by atoms with Gasteiger partial charge in [-0.3, -0.25) is 4.90 Å². The lowest BCUT2D eigenvalue weighted by Gasteiger charge is -2.23. The lowest BCUT2D eigenvalue weighted by molar-refractivity contribution is 0.280. The molecule has 1 atom stereocenters. The van der Waals surface area contributed by atoms with E-state index in [1.54, 1.807) is 18.2 Å². The van der Waals surface area contributed by atoms with Crippen molar-refractivity contribution in [2.45, 2.75) is 19.5 Å². The lowest BCUT2D eigenvalue weighted by Crippen LogP contribution is -2.23. The molecule has 1 unspecified atom stereocenters. The second-order valence-electron chi connectivity index (χ2n) is 5.09. The average molecular weight is 296 g/mol. The van der Waals surface area contributed by atoms with Crippen LogP contribution in [0.5, 0.6) is 11.5 Å². The Morgan fingerprint density at radius 2 is 1.95 bits per heavy atom. The van der Waals surface area contributed by atoms with Crippen molar-refractivity contribution in [2.75, 3.05) is 13.7 Å². The molecule has 0 aliphatic heterocycles. The first kappa shape index (κ1) is 15.9. The van der Waals surface area contributed by atoms with Gasteiger partial charge in [0.15, 0.2) is 11.5 Å². The maximum absolute atomic E-state index is 9.77. The van der Waals surface area contributed by atoms with Crippen LogP contribution in [-0.4, -0.2) is 23.7 Å². The highest BCUT2D eigenvalue weighted by atomic mass is 16.5. The van der Waals surface area contributed by atoms with Crippen molar-refractivity contribution in [1.29, 1.82) is 5.26 Å². The van der Waals surface area contributed by atoms with Gasteiger partial charge in [0, 0.05) is 6.54 Å². The van der Waals surface area contributed by atoms with Crippen molar-refractivity contribution in [3.05, 3.63) is 59.7 Å². The monoisotopic (exact) mass is 296 g/mol. The summed E-state index contributed by atoms with van der Waals surface area (Å²) in [6.07, 6.45) is 0. The van der Waals surface area contributed by atoms with Gasteiger partial charge in [-0.2, -0.15) is 5.26 Å². The Kier molecular flexibility index (Phi) is 5.40. The fourth-order valence-corrected chi connectivity index (χ4v) is 2.36. The molecule has 4 nitrogen and oxygen atoms in total. The van der Waals surface area contributed by atoms with Crippen LogP contribution in [0.15, 0.2) is 48.5 Å². The molecule has 0 bridgehead atoms. The Labute approximate surface area is 131 Å². The summed E-state index contributed by atoms with van der Waals surface area (Å²) in [5.74, 6) is 0.501. The van der Waals surface area contributed by atoms with Gasteiger partial charge in [0.05, 0.1) is 12.7 Å². The average Bonchev–Trinajstić information content (AvgIpc) is 2.52. The highest BCUT2D eigenvalue weighted by molar-refractivity contribution is 5.44. The smallest absolute Gasteiger partial charge is 0.161 e. The number of rotatable bonds is 6. The molecule has 4 heteroatoms. The second kappa shape index (κ2) is 7.48. The van der Waals surface area contributed by atoms with E-state index in [4.69, 9.17) is 4.74 Å². The molecule has 0 fully saturated rings. The van der Waals surface area contributed by atoms with Crippen LogP contribution in [0, 0.1) is 11.3 Å². The van der Waals surface area contributed by atoms with Crippen molar-refractivity contribution in [3.63, 3.8) is 0 Å². The van der Waals surface area contributed by atoms with Crippen LogP contribution in [0.25, 0.3) is 0 Å². The molecule has 0 aromatic heterocycles. The van der Waals surface area contributed by atoms with Gasteiger partial charge in [-0.15, -0.1) is 0 Å². The Morgan fingerprint density at radius 1 is 1.23 bits per heavy atom. The van der Waals surface area contributed by atoms with Gasteiger partial charge in [0.1, 0.15) is 6.04 Å². The number of nitriles is 1. The van der Waals surface area contributed by atoms with E-state index in [1.807, 2.05) is 49.2 Å². The SMILES string of the molecule is CCOc1cc(C(C#N)N(C)Cc2ccccc2)ccc1O. The summed E-state index contributed by atoms with van der Waals surface area (Å²) >= 11 is 0. The number of phenolic OH excluding ortho intramolecular Hbond substituents is 1. The third kappa shape index (κ3) is 3.78. The van der Waals surface area contributed by atoms with E-state index in [-0.39, 0.29) is 5.75 Å². The summed E-state index contributed by atoms with van der Waals surface area (Å²) < 4.78 is 5.39. The molecule has 2 aromatic carbocycles. The van der Waals surface area contributed by atoms with E-state index in [1.165, 1.54) is 0 Å². The number of phenols is 1. The summed E-state index contributed by atoms with van der Waals surface area (Å²) in [5, 5.41) is 19.3. The van der Waals surface area contributed by atoms with Crippen molar-refractivity contribution in [2.24, 2.45) is 0 Å². The van der Waals surface area contributed by atoms with E-state index in [0.717, 1.165) is 11.1 Å². The number of hydrogen-bond acceptors (Lipinski definition) is 4. The number of aromatic hydroxyl groups is 1. The molecule has 2 aromatic rings. The minimum Gasteiger partial charge on any atom is -0.504 e. The van der Waals surface area contributed by atoms with Crippen molar-refractivity contribution in [1.82, 2.24) is 4.90 Å². The van der Waals surface area contributed by atoms with Crippen LogP contribution in [0.4, 0.5) is 0 Å². The highest BCUT2D eigenvalue weighted by Gasteiger charge is 2.18. The highest BCUT2D eigenvalue weighted by Crippen LogP contribution is 2.31. The Hall–Kier alpha value is -2.51. The maximum Gasteiger partial charge on any atom is 0.161 e. The van der Waals surface area contributed by atoms with E-state index >= 15 is 0 Å². The van der Waals surface area contributed by atoms with Crippen LogP contribution in [0.2, 0.25) is 0 Å². The summed E-state index contributed by atoms with van der Waals surface area (Å²) in [6, 6.07) is 17.0. The zero-order valence-electron chi connectivity index (χ0n) is 12.9. The van der Waals surface area contributed by atoms with Gasteiger partial charge in [0.25, 0.3) is 0 Å². The first-order valence-electron chi connectivity index (χ1n) is 7.25.